The molecule has 1 aliphatic heterocycles. The smallest absolute Gasteiger partial charge is 0.401 e. The minimum absolute atomic E-state index is 0.211. The highest BCUT2D eigenvalue weighted by Crippen LogP contribution is 2.30. The number of alkyl halides is 3. The Balaban J connectivity index is 1.87. The van der Waals surface area contributed by atoms with E-state index in [1.165, 1.54) is 11.9 Å². The molecule has 1 aliphatic rings. The van der Waals surface area contributed by atoms with Gasteiger partial charge in [-0.15, -0.1) is 0 Å². The quantitative estimate of drug-likeness (QED) is 0.328. The average molecular weight is 446 g/mol. The van der Waals surface area contributed by atoms with Gasteiger partial charge in [0.15, 0.2) is 5.96 Å². The Labute approximate surface area is 182 Å². The van der Waals surface area contributed by atoms with Crippen LogP contribution in [0.5, 0.6) is 11.5 Å². The third-order valence-corrected chi connectivity index (χ3v) is 4.99. The highest BCUT2D eigenvalue weighted by Gasteiger charge is 2.28. The molecule has 1 aromatic rings. The number of methoxy groups -OCH3 is 2. The highest BCUT2D eigenvalue weighted by atomic mass is 19.4. The van der Waals surface area contributed by atoms with Crippen LogP contribution in [-0.2, 0) is 0 Å². The highest BCUT2D eigenvalue weighted by molar-refractivity contribution is 5.80. The number of halogens is 3. The first kappa shape index (κ1) is 24.9. The van der Waals surface area contributed by atoms with E-state index >= 15 is 0 Å². The molecule has 1 fully saturated rings. The molecule has 2 N–H and O–H groups in total. The Bertz CT molecular complexity index is 692. The van der Waals surface area contributed by atoms with Crippen LogP contribution in [0.25, 0.3) is 0 Å². The summed E-state index contributed by atoms with van der Waals surface area (Å²) in [5.74, 6) is 2.18. The Morgan fingerprint density at radius 2 is 1.90 bits per heavy atom. The van der Waals surface area contributed by atoms with Crippen molar-refractivity contribution in [2.45, 2.75) is 32.0 Å². The van der Waals surface area contributed by atoms with Crippen LogP contribution in [0.3, 0.4) is 0 Å². The van der Waals surface area contributed by atoms with E-state index in [0.29, 0.717) is 32.0 Å². The van der Waals surface area contributed by atoms with Gasteiger partial charge in [-0.3, -0.25) is 9.89 Å². The van der Waals surface area contributed by atoms with Crippen molar-refractivity contribution in [1.82, 2.24) is 15.5 Å². The number of nitrogens with zero attached hydrogens (tertiary/aromatic N) is 3. The molecule has 31 heavy (non-hydrogen) atoms. The van der Waals surface area contributed by atoms with Gasteiger partial charge in [0.2, 0.25) is 0 Å². The predicted molar refractivity (Wildman–Crippen MR) is 117 cm³/mol. The molecule has 0 aromatic heterocycles. The number of hydrogen-bond acceptors (Lipinski definition) is 5. The second-order valence-corrected chi connectivity index (χ2v) is 7.61. The largest absolute Gasteiger partial charge is 0.497 e. The molecule has 0 amide bonds. The summed E-state index contributed by atoms with van der Waals surface area (Å²) in [7, 11) is 4.74. The van der Waals surface area contributed by atoms with Crippen LogP contribution >= 0.6 is 0 Å². The molecule has 0 radical (unpaired) electrons. The van der Waals surface area contributed by atoms with Gasteiger partial charge in [-0.1, -0.05) is 0 Å². The summed E-state index contributed by atoms with van der Waals surface area (Å²) in [6.07, 6.45) is -2.67. The standard InChI is InChI=1S/C21H34F3N5O2/c1-5-25-20(26-8-6-9-28(2)15-21(22,23)24)27-16-7-10-29(14-16)17-11-18(30-3)13-19(12-17)31-4/h11-13,16H,5-10,14-15H2,1-4H3,(H2,25,26,27). The fourth-order valence-corrected chi connectivity index (χ4v) is 3.52. The topological polar surface area (TPSA) is 61.4 Å². The molecule has 1 unspecified atom stereocenters. The van der Waals surface area contributed by atoms with Crippen molar-refractivity contribution in [3.8, 4) is 11.5 Å². The number of benzene rings is 1. The number of aliphatic imine (C=N–C) groups is 1. The minimum Gasteiger partial charge on any atom is -0.497 e. The summed E-state index contributed by atoms with van der Waals surface area (Å²) in [6, 6.07) is 6.03. The van der Waals surface area contributed by atoms with Gasteiger partial charge in [0, 0.05) is 56.1 Å². The van der Waals surface area contributed by atoms with E-state index in [1.54, 1.807) is 14.2 Å². The predicted octanol–water partition coefficient (Wildman–Crippen LogP) is 2.72. The third kappa shape index (κ3) is 8.72. The van der Waals surface area contributed by atoms with E-state index in [2.05, 4.69) is 20.5 Å². The lowest BCUT2D eigenvalue weighted by molar-refractivity contribution is -0.143. The maximum Gasteiger partial charge on any atom is 0.401 e. The molecule has 1 heterocycles. The van der Waals surface area contributed by atoms with Crippen LogP contribution in [-0.4, -0.2) is 83.6 Å². The van der Waals surface area contributed by atoms with E-state index < -0.39 is 12.7 Å². The molecule has 176 valence electrons. The van der Waals surface area contributed by atoms with Crippen molar-refractivity contribution in [2.24, 2.45) is 4.99 Å². The van der Waals surface area contributed by atoms with E-state index in [1.807, 2.05) is 25.1 Å². The second kappa shape index (κ2) is 11.9. The molecule has 1 saturated heterocycles. The maximum atomic E-state index is 12.4. The zero-order chi connectivity index (χ0) is 22.9. The Morgan fingerprint density at radius 3 is 2.48 bits per heavy atom. The van der Waals surface area contributed by atoms with Gasteiger partial charge in [0.1, 0.15) is 11.5 Å². The maximum absolute atomic E-state index is 12.4. The number of anilines is 1. The van der Waals surface area contributed by atoms with Crippen molar-refractivity contribution >= 4 is 11.6 Å². The Kier molecular flexibility index (Phi) is 9.54. The first-order chi connectivity index (χ1) is 14.7. The molecule has 2 rings (SSSR count). The van der Waals surface area contributed by atoms with Crippen molar-refractivity contribution in [1.29, 1.82) is 0 Å². The zero-order valence-corrected chi connectivity index (χ0v) is 18.8. The lowest BCUT2D eigenvalue weighted by Gasteiger charge is -2.21. The summed E-state index contributed by atoms with van der Waals surface area (Å²) in [5.41, 5.74) is 1.04. The van der Waals surface area contributed by atoms with Crippen LogP contribution < -0.4 is 25.0 Å². The van der Waals surface area contributed by atoms with Gasteiger partial charge in [0.25, 0.3) is 0 Å². The van der Waals surface area contributed by atoms with Crippen LogP contribution in [0.4, 0.5) is 18.9 Å². The summed E-state index contributed by atoms with van der Waals surface area (Å²) in [6.45, 7) is 4.28. The van der Waals surface area contributed by atoms with Gasteiger partial charge in [0.05, 0.1) is 20.8 Å². The third-order valence-electron chi connectivity index (χ3n) is 4.99. The molecular weight excluding hydrogens is 411 g/mol. The van der Waals surface area contributed by atoms with Crippen molar-refractivity contribution in [3.05, 3.63) is 18.2 Å². The van der Waals surface area contributed by atoms with Gasteiger partial charge in [-0.05, 0) is 33.4 Å². The number of guanidine groups is 1. The molecule has 0 aliphatic carbocycles. The second-order valence-electron chi connectivity index (χ2n) is 7.61. The fraction of sp³-hybridized carbons (Fsp3) is 0.667. The molecule has 7 nitrogen and oxygen atoms in total. The monoisotopic (exact) mass is 445 g/mol. The summed E-state index contributed by atoms with van der Waals surface area (Å²) >= 11 is 0. The first-order valence-corrected chi connectivity index (χ1v) is 10.5. The van der Waals surface area contributed by atoms with Crippen molar-refractivity contribution in [3.63, 3.8) is 0 Å². The van der Waals surface area contributed by atoms with Gasteiger partial charge in [-0.25, -0.2) is 0 Å². The molecule has 0 bridgehead atoms. The van der Waals surface area contributed by atoms with Gasteiger partial charge in [-0.2, -0.15) is 13.2 Å². The zero-order valence-electron chi connectivity index (χ0n) is 18.8. The Morgan fingerprint density at radius 1 is 1.23 bits per heavy atom. The molecule has 0 spiro atoms. The average Bonchev–Trinajstić information content (AvgIpc) is 3.18. The summed E-state index contributed by atoms with van der Waals surface area (Å²) in [5, 5.41) is 6.66. The van der Waals surface area contributed by atoms with Gasteiger partial charge >= 0.3 is 6.18 Å². The summed E-state index contributed by atoms with van der Waals surface area (Å²) < 4.78 is 47.9. The lowest BCUT2D eigenvalue weighted by atomic mass is 10.2. The molecule has 0 saturated carbocycles. The van der Waals surface area contributed by atoms with Crippen molar-refractivity contribution in [2.75, 3.05) is 65.4 Å². The molecular formula is C21H34F3N5O2. The number of rotatable bonds is 10. The number of ether oxygens (including phenoxy) is 2. The first-order valence-electron chi connectivity index (χ1n) is 10.5. The minimum atomic E-state index is -4.17. The van der Waals surface area contributed by atoms with E-state index in [-0.39, 0.29) is 6.04 Å². The van der Waals surface area contributed by atoms with Crippen LogP contribution in [0.1, 0.15) is 19.8 Å². The van der Waals surface area contributed by atoms with Crippen LogP contribution in [0.15, 0.2) is 23.2 Å². The lowest BCUT2D eigenvalue weighted by Crippen LogP contribution is -2.44. The van der Waals surface area contributed by atoms with E-state index in [4.69, 9.17) is 9.47 Å². The normalized spacial score (nSPS) is 17.2. The van der Waals surface area contributed by atoms with Crippen LogP contribution in [0.2, 0.25) is 0 Å². The number of hydrogen-bond donors (Lipinski definition) is 2. The Hall–Kier alpha value is -2.36. The van der Waals surface area contributed by atoms with Crippen LogP contribution in [0, 0.1) is 0 Å². The van der Waals surface area contributed by atoms with Gasteiger partial charge < -0.3 is 25.0 Å². The number of nitrogens with one attached hydrogen (secondary N) is 2. The fourth-order valence-electron chi connectivity index (χ4n) is 3.52. The SMILES string of the molecule is CCNC(=NCCCN(C)CC(F)(F)F)NC1CCN(c2cc(OC)cc(OC)c2)C1. The van der Waals surface area contributed by atoms with E-state index in [0.717, 1.165) is 36.7 Å². The van der Waals surface area contributed by atoms with E-state index in [9.17, 15) is 13.2 Å². The molecule has 1 atom stereocenters. The summed E-state index contributed by atoms with van der Waals surface area (Å²) in [4.78, 5) is 8.06. The molecule has 10 heteroatoms. The van der Waals surface area contributed by atoms with Crippen molar-refractivity contribution < 1.29 is 22.6 Å². The molecule has 1 aromatic carbocycles.